The number of carbonyl (C=O) groups is 2. The number of aryl methyl sites for hydroxylation is 2. The van der Waals surface area contributed by atoms with Gasteiger partial charge in [-0.15, -0.1) is 0 Å². The molecule has 7 nitrogen and oxygen atoms in total. The van der Waals surface area contributed by atoms with Crippen molar-refractivity contribution in [3.05, 3.63) is 59.7 Å². The van der Waals surface area contributed by atoms with Crippen LogP contribution in [-0.4, -0.2) is 37.2 Å². The van der Waals surface area contributed by atoms with Crippen molar-refractivity contribution >= 4 is 11.9 Å². The third kappa shape index (κ3) is 20.8. The summed E-state index contributed by atoms with van der Waals surface area (Å²) in [5.41, 5.74) is 2.53. The van der Waals surface area contributed by atoms with Crippen molar-refractivity contribution in [2.75, 3.05) is 6.61 Å². The summed E-state index contributed by atoms with van der Waals surface area (Å²) in [5.74, 6) is 2.13. The molecule has 0 N–H and O–H groups in total. The molecule has 0 amide bonds. The Balaban J connectivity index is 1.95. The van der Waals surface area contributed by atoms with E-state index < -0.39 is 18.5 Å². The predicted octanol–water partition coefficient (Wildman–Crippen LogP) is 12.1. The summed E-state index contributed by atoms with van der Waals surface area (Å²) in [5, 5.41) is 0. The second kappa shape index (κ2) is 26.7. The molecule has 0 radical (unpaired) electrons. The first-order valence-electron chi connectivity index (χ1n) is 20.9. The molecule has 4 unspecified atom stereocenters. The Morgan fingerprint density at radius 2 is 1.02 bits per heavy atom. The molecule has 0 saturated heterocycles. The number of hydrogen-bond acceptors (Lipinski definition) is 7. The molecule has 2 aromatic rings. The van der Waals surface area contributed by atoms with Crippen LogP contribution in [0.5, 0.6) is 11.5 Å². The van der Waals surface area contributed by atoms with Crippen LogP contribution in [-0.2, 0) is 36.6 Å². The minimum absolute atomic E-state index is 0.164. The van der Waals surface area contributed by atoms with E-state index in [0.29, 0.717) is 55.6 Å². The second-order valence-corrected chi connectivity index (χ2v) is 16.0. The molecule has 0 fully saturated rings. The third-order valence-electron chi connectivity index (χ3n) is 9.65. The van der Waals surface area contributed by atoms with Gasteiger partial charge in [-0.25, -0.2) is 0 Å². The maximum atomic E-state index is 13.7. The van der Waals surface area contributed by atoms with E-state index in [0.717, 1.165) is 44.4 Å². The highest BCUT2D eigenvalue weighted by Crippen LogP contribution is 2.24. The van der Waals surface area contributed by atoms with Gasteiger partial charge in [0.15, 0.2) is 0 Å². The van der Waals surface area contributed by atoms with E-state index in [1.807, 2.05) is 45.0 Å². The zero-order valence-electron chi connectivity index (χ0n) is 34.8. The zero-order chi connectivity index (χ0) is 39.0. The molecule has 0 aliphatic heterocycles. The Hall–Kier alpha value is -3.06. The summed E-state index contributed by atoms with van der Waals surface area (Å²) >= 11 is 0. The fraction of sp³-hybridized carbons (Fsp3) is 0.696. The van der Waals surface area contributed by atoms with Crippen LogP contribution in [0.4, 0.5) is 0 Å². The van der Waals surface area contributed by atoms with E-state index in [2.05, 4.69) is 65.8 Å². The van der Waals surface area contributed by atoms with Crippen LogP contribution in [0.2, 0.25) is 0 Å². The van der Waals surface area contributed by atoms with Crippen molar-refractivity contribution in [1.29, 1.82) is 0 Å². The van der Waals surface area contributed by atoms with Gasteiger partial charge in [0, 0.05) is 25.9 Å². The van der Waals surface area contributed by atoms with Crippen LogP contribution in [0.15, 0.2) is 48.5 Å². The highest BCUT2D eigenvalue weighted by atomic mass is 16.7. The van der Waals surface area contributed by atoms with Crippen molar-refractivity contribution in [3.8, 4) is 11.5 Å². The van der Waals surface area contributed by atoms with Crippen molar-refractivity contribution < 1.29 is 33.3 Å². The van der Waals surface area contributed by atoms with Crippen LogP contribution in [0, 0.1) is 23.7 Å². The Morgan fingerprint density at radius 1 is 0.547 bits per heavy atom. The quantitative estimate of drug-likeness (QED) is 0.0467. The largest absolute Gasteiger partial charge is 0.455 e. The van der Waals surface area contributed by atoms with Gasteiger partial charge in [0.1, 0.15) is 11.5 Å². The molecule has 0 bridgehead atoms. The Bertz CT molecular complexity index is 1240. The van der Waals surface area contributed by atoms with Crippen LogP contribution in [0.1, 0.15) is 157 Å². The van der Waals surface area contributed by atoms with Crippen molar-refractivity contribution in [2.45, 2.75) is 177 Å². The predicted molar refractivity (Wildman–Crippen MR) is 216 cm³/mol. The van der Waals surface area contributed by atoms with Gasteiger partial charge >= 0.3 is 11.9 Å². The average Bonchev–Trinajstić information content (AvgIpc) is 3.12. The number of esters is 2. The molecule has 0 aliphatic carbocycles. The highest BCUT2D eigenvalue weighted by Gasteiger charge is 2.30. The monoisotopic (exact) mass is 739 g/mol. The van der Waals surface area contributed by atoms with Crippen molar-refractivity contribution in [3.63, 3.8) is 0 Å². The molecule has 0 spiro atoms. The summed E-state index contributed by atoms with van der Waals surface area (Å²) in [6, 6.07) is 16.1. The molecule has 0 saturated carbocycles. The second-order valence-electron chi connectivity index (χ2n) is 16.0. The topological polar surface area (TPSA) is 80.3 Å². The lowest BCUT2D eigenvalue weighted by atomic mass is 9.96. The zero-order valence-corrected chi connectivity index (χ0v) is 34.8. The molecular weight excluding hydrogens is 664 g/mol. The summed E-state index contributed by atoms with van der Waals surface area (Å²) in [4.78, 5) is 26.6. The fourth-order valence-corrected chi connectivity index (χ4v) is 6.07. The van der Waals surface area contributed by atoms with Gasteiger partial charge in [-0.05, 0) is 105 Å². The fourth-order valence-electron chi connectivity index (χ4n) is 6.07. The number of rotatable bonds is 29. The number of carbonyl (C=O) groups excluding carboxylic acids is 2. The molecule has 2 rings (SSSR count). The molecule has 4 atom stereocenters. The van der Waals surface area contributed by atoms with Crippen LogP contribution in [0.3, 0.4) is 0 Å². The van der Waals surface area contributed by atoms with Gasteiger partial charge in [-0.1, -0.05) is 112 Å². The number of unbranched alkanes of at least 4 members (excludes halogenated alkanes) is 4. The van der Waals surface area contributed by atoms with E-state index >= 15 is 0 Å². The number of ether oxygens (including phenoxy) is 5. The van der Waals surface area contributed by atoms with E-state index in [1.165, 1.54) is 36.8 Å². The molecule has 0 heterocycles. The maximum Gasteiger partial charge on any atom is 0.314 e. The van der Waals surface area contributed by atoms with Crippen LogP contribution in [0.25, 0.3) is 0 Å². The molecule has 2 aromatic carbocycles. The molecule has 0 aromatic heterocycles. The van der Waals surface area contributed by atoms with Gasteiger partial charge in [-0.2, -0.15) is 0 Å². The summed E-state index contributed by atoms with van der Waals surface area (Å²) in [6.07, 6.45) is 11.7. The average molecular weight is 739 g/mol. The lowest BCUT2D eigenvalue weighted by Crippen LogP contribution is -2.34. The van der Waals surface area contributed by atoms with Crippen LogP contribution < -0.4 is 9.47 Å². The van der Waals surface area contributed by atoms with Crippen molar-refractivity contribution in [1.82, 2.24) is 0 Å². The molecule has 53 heavy (non-hydrogen) atoms. The standard InChI is InChI=1S/C46H74O7/c1-10-44(50-40-29-25-38(26-30-40)23-21-35(5)6)52-43(47)20-17-19-42(37(9)49-33-16-14-12-13-15-18-34(3)4)46(48)53-45(11-2)51-41-31-27-39(28-32-41)24-22-36(7)8/h25-32,34-37,42,44-45H,10-24,33H2,1-9H3. The van der Waals surface area contributed by atoms with Gasteiger partial charge in [0.2, 0.25) is 12.6 Å². The summed E-state index contributed by atoms with van der Waals surface area (Å²) in [7, 11) is 0. The Kier molecular flexibility index (Phi) is 23.2. The molecule has 7 heteroatoms. The minimum Gasteiger partial charge on any atom is -0.455 e. The SMILES string of the molecule is CCC(OC(=O)CCCC(C(=O)OC(CC)Oc1ccc(CCC(C)C)cc1)C(C)OCCCCCCCC(C)C)Oc1ccc(CCC(C)C)cc1. The maximum absolute atomic E-state index is 13.7. The highest BCUT2D eigenvalue weighted by molar-refractivity contribution is 5.73. The van der Waals surface area contributed by atoms with E-state index in [9.17, 15) is 9.59 Å². The van der Waals surface area contributed by atoms with E-state index in [1.54, 1.807) is 0 Å². The van der Waals surface area contributed by atoms with Gasteiger partial charge < -0.3 is 23.7 Å². The molecule has 300 valence electrons. The van der Waals surface area contributed by atoms with Crippen molar-refractivity contribution in [2.24, 2.45) is 23.7 Å². The van der Waals surface area contributed by atoms with E-state index in [4.69, 9.17) is 23.7 Å². The van der Waals surface area contributed by atoms with Crippen LogP contribution >= 0.6 is 0 Å². The Morgan fingerprint density at radius 3 is 1.51 bits per heavy atom. The lowest BCUT2D eigenvalue weighted by Gasteiger charge is -2.26. The number of benzene rings is 2. The summed E-state index contributed by atoms with van der Waals surface area (Å²) < 4.78 is 30.0. The van der Waals surface area contributed by atoms with E-state index in [-0.39, 0.29) is 24.5 Å². The molecule has 0 aliphatic rings. The minimum atomic E-state index is -0.721. The van der Waals surface area contributed by atoms with Gasteiger partial charge in [0.25, 0.3) is 0 Å². The first-order valence-corrected chi connectivity index (χ1v) is 20.9. The molecular formula is C46H74O7. The summed E-state index contributed by atoms with van der Waals surface area (Å²) in [6.45, 7) is 19.8. The lowest BCUT2D eigenvalue weighted by molar-refractivity contribution is -0.175. The van der Waals surface area contributed by atoms with Gasteiger partial charge in [-0.3, -0.25) is 9.59 Å². The smallest absolute Gasteiger partial charge is 0.314 e. The number of hydrogen-bond donors (Lipinski definition) is 0. The van der Waals surface area contributed by atoms with Gasteiger partial charge in [0.05, 0.1) is 12.0 Å². The third-order valence-corrected chi connectivity index (χ3v) is 9.65. The normalized spacial score (nSPS) is 13.9. The first kappa shape index (κ1) is 46.1. The Labute approximate surface area is 323 Å². The first-order chi connectivity index (χ1) is 25.4.